The van der Waals surface area contributed by atoms with Gasteiger partial charge in [0.15, 0.2) is 0 Å². The molecular formula is C25H39FN6O5. The van der Waals surface area contributed by atoms with Crippen molar-refractivity contribution < 1.29 is 28.3 Å². The first-order valence-electron chi connectivity index (χ1n) is 12.6. The fourth-order valence-electron chi connectivity index (χ4n) is 4.01. The van der Waals surface area contributed by atoms with Crippen LogP contribution in [-0.2, 0) is 30.3 Å². The maximum atomic E-state index is 13.4. The highest BCUT2D eigenvalue weighted by molar-refractivity contribution is 5.93. The lowest BCUT2D eigenvalue weighted by Crippen LogP contribution is -2.55. The Hall–Kier alpha value is -3.09. The van der Waals surface area contributed by atoms with Gasteiger partial charge in [-0.25, -0.2) is 4.39 Å². The number of benzene rings is 1. The second kappa shape index (κ2) is 15.9. The number of nitrogens with zero attached hydrogens (tertiary/aromatic N) is 1. The number of amides is 4. The Morgan fingerprint density at radius 1 is 1.22 bits per heavy atom. The molecule has 0 spiro atoms. The molecule has 0 radical (unpaired) electrons. The van der Waals surface area contributed by atoms with E-state index >= 15 is 0 Å². The third-order valence-electron chi connectivity index (χ3n) is 6.26. The number of likely N-dealkylation sites (N-methyl/N-ethyl adjacent to an activating group) is 1. The minimum absolute atomic E-state index is 0.0636. The van der Waals surface area contributed by atoms with Crippen molar-refractivity contribution in [2.45, 2.75) is 56.7 Å². The van der Waals surface area contributed by atoms with Gasteiger partial charge in [-0.05, 0) is 62.9 Å². The number of hydrogen-bond acceptors (Lipinski definition) is 7. The Kier molecular flexibility index (Phi) is 12.9. The standard InChI is InChI=1S/C25H39FN6O5/c1-32(23(34)14-30-22(33)16-37-15-19-5-4-12-29-19)21(13-17-7-9-18(26)10-8-17)25(36)31-20(24(28)35)6-2-3-11-27/h7-10,19-21,29H,2-6,11-16,27H2,1H3,(H2,28,35)(H,30,33)(H,31,36). The summed E-state index contributed by atoms with van der Waals surface area (Å²) >= 11 is 0. The predicted molar refractivity (Wildman–Crippen MR) is 136 cm³/mol. The van der Waals surface area contributed by atoms with E-state index in [0.717, 1.165) is 19.4 Å². The van der Waals surface area contributed by atoms with Crippen LogP contribution in [0.4, 0.5) is 4.39 Å². The van der Waals surface area contributed by atoms with E-state index in [-0.39, 0.29) is 25.6 Å². The lowest BCUT2D eigenvalue weighted by atomic mass is 10.0. The smallest absolute Gasteiger partial charge is 0.246 e. The zero-order valence-corrected chi connectivity index (χ0v) is 21.3. The van der Waals surface area contributed by atoms with Gasteiger partial charge >= 0.3 is 0 Å². The molecule has 1 fully saturated rings. The van der Waals surface area contributed by atoms with Crippen LogP contribution in [0.3, 0.4) is 0 Å². The van der Waals surface area contributed by atoms with E-state index in [1.54, 1.807) is 0 Å². The van der Waals surface area contributed by atoms with Crippen molar-refractivity contribution >= 4 is 23.6 Å². The number of unbranched alkanes of at least 4 members (excludes halogenated alkanes) is 1. The summed E-state index contributed by atoms with van der Waals surface area (Å²) in [4.78, 5) is 51.3. The average Bonchev–Trinajstić information content (AvgIpc) is 3.39. The monoisotopic (exact) mass is 522 g/mol. The lowest BCUT2D eigenvalue weighted by molar-refractivity contribution is -0.140. The molecule has 0 aliphatic carbocycles. The van der Waals surface area contributed by atoms with Crippen molar-refractivity contribution in [1.82, 2.24) is 20.9 Å². The van der Waals surface area contributed by atoms with Gasteiger partial charge < -0.3 is 37.1 Å². The second-order valence-corrected chi connectivity index (χ2v) is 9.18. The van der Waals surface area contributed by atoms with E-state index in [4.69, 9.17) is 16.2 Å². The number of rotatable bonds is 16. The second-order valence-electron chi connectivity index (χ2n) is 9.18. The van der Waals surface area contributed by atoms with Crippen LogP contribution in [0.5, 0.6) is 0 Å². The lowest BCUT2D eigenvalue weighted by Gasteiger charge is -2.29. The molecule has 3 atom stereocenters. The SMILES string of the molecule is CN(C(=O)CNC(=O)COCC1CCCN1)C(Cc1ccc(F)cc1)C(=O)NC(CCCCN)C(N)=O. The molecule has 3 unspecified atom stereocenters. The maximum Gasteiger partial charge on any atom is 0.246 e. The van der Waals surface area contributed by atoms with E-state index < -0.39 is 41.5 Å². The van der Waals surface area contributed by atoms with Crippen molar-refractivity contribution in [2.75, 3.05) is 39.9 Å². The van der Waals surface area contributed by atoms with Crippen LogP contribution < -0.4 is 27.4 Å². The highest BCUT2D eigenvalue weighted by Crippen LogP contribution is 2.12. The van der Waals surface area contributed by atoms with E-state index in [9.17, 15) is 23.6 Å². The molecule has 4 amide bonds. The van der Waals surface area contributed by atoms with Gasteiger partial charge in [0.1, 0.15) is 24.5 Å². The van der Waals surface area contributed by atoms with Crippen molar-refractivity contribution in [3.8, 4) is 0 Å². The maximum absolute atomic E-state index is 13.4. The molecule has 1 aromatic rings. The Morgan fingerprint density at radius 2 is 1.95 bits per heavy atom. The minimum Gasteiger partial charge on any atom is -0.370 e. The molecule has 206 valence electrons. The van der Waals surface area contributed by atoms with Crippen LogP contribution in [0.1, 0.15) is 37.7 Å². The van der Waals surface area contributed by atoms with E-state index in [1.165, 1.54) is 36.2 Å². The molecule has 0 aromatic heterocycles. The Bertz CT molecular complexity index is 894. The number of carbonyl (C=O) groups excluding carboxylic acids is 4. The summed E-state index contributed by atoms with van der Waals surface area (Å²) in [6, 6.07) is 3.81. The van der Waals surface area contributed by atoms with Crippen LogP contribution in [0.2, 0.25) is 0 Å². The van der Waals surface area contributed by atoms with Crippen LogP contribution in [0.25, 0.3) is 0 Å². The topological polar surface area (TPSA) is 169 Å². The molecule has 12 heteroatoms. The van der Waals surface area contributed by atoms with Gasteiger partial charge in [-0.15, -0.1) is 0 Å². The molecule has 0 saturated carbocycles. The van der Waals surface area contributed by atoms with Gasteiger partial charge in [0.05, 0.1) is 13.2 Å². The van der Waals surface area contributed by atoms with Crippen molar-refractivity contribution in [3.05, 3.63) is 35.6 Å². The normalized spacial score (nSPS) is 16.6. The molecule has 1 aliphatic heterocycles. The Labute approximate surface area is 216 Å². The van der Waals surface area contributed by atoms with Crippen LogP contribution in [0, 0.1) is 5.82 Å². The predicted octanol–water partition coefficient (Wildman–Crippen LogP) is -0.821. The third kappa shape index (κ3) is 10.8. The summed E-state index contributed by atoms with van der Waals surface area (Å²) in [7, 11) is 1.43. The van der Waals surface area contributed by atoms with Crippen molar-refractivity contribution in [1.29, 1.82) is 0 Å². The Morgan fingerprint density at radius 3 is 2.57 bits per heavy atom. The fraction of sp³-hybridized carbons (Fsp3) is 0.600. The molecule has 1 heterocycles. The van der Waals surface area contributed by atoms with Crippen molar-refractivity contribution in [2.24, 2.45) is 11.5 Å². The van der Waals surface area contributed by atoms with Gasteiger partial charge in [-0.3, -0.25) is 19.2 Å². The number of hydrogen-bond donors (Lipinski definition) is 5. The van der Waals surface area contributed by atoms with Gasteiger partial charge in [-0.2, -0.15) is 0 Å². The number of carbonyl (C=O) groups is 4. The van der Waals surface area contributed by atoms with Crippen LogP contribution in [0.15, 0.2) is 24.3 Å². The van der Waals surface area contributed by atoms with E-state index in [0.29, 0.717) is 38.0 Å². The molecule has 11 nitrogen and oxygen atoms in total. The highest BCUT2D eigenvalue weighted by Gasteiger charge is 2.30. The summed E-state index contributed by atoms with van der Waals surface area (Å²) < 4.78 is 18.8. The molecular weight excluding hydrogens is 483 g/mol. The van der Waals surface area contributed by atoms with Crippen molar-refractivity contribution in [3.63, 3.8) is 0 Å². The molecule has 37 heavy (non-hydrogen) atoms. The molecule has 7 N–H and O–H groups in total. The van der Waals surface area contributed by atoms with E-state index in [2.05, 4.69) is 16.0 Å². The number of primary amides is 1. The third-order valence-corrected chi connectivity index (χ3v) is 6.26. The number of halogens is 1. The molecule has 1 aliphatic rings. The molecule has 0 bridgehead atoms. The van der Waals surface area contributed by atoms with Crippen LogP contribution >= 0.6 is 0 Å². The molecule has 1 aromatic carbocycles. The first kappa shape index (κ1) is 30.1. The zero-order chi connectivity index (χ0) is 27.2. The number of nitrogens with one attached hydrogen (secondary N) is 3. The summed E-state index contributed by atoms with van der Waals surface area (Å²) in [6.07, 6.45) is 3.69. The first-order valence-corrected chi connectivity index (χ1v) is 12.6. The quantitative estimate of drug-likeness (QED) is 0.177. The van der Waals surface area contributed by atoms with Gasteiger partial charge in [0.2, 0.25) is 23.6 Å². The largest absolute Gasteiger partial charge is 0.370 e. The number of ether oxygens (including phenoxy) is 1. The number of nitrogens with two attached hydrogens (primary N) is 2. The van der Waals surface area contributed by atoms with Crippen LogP contribution in [-0.4, -0.2) is 86.5 Å². The average molecular weight is 523 g/mol. The highest BCUT2D eigenvalue weighted by atomic mass is 19.1. The zero-order valence-electron chi connectivity index (χ0n) is 21.3. The van der Waals surface area contributed by atoms with Gasteiger partial charge in [0, 0.05) is 19.5 Å². The first-order chi connectivity index (χ1) is 17.7. The summed E-state index contributed by atoms with van der Waals surface area (Å²) in [5.74, 6) is -2.69. The van der Waals surface area contributed by atoms with Gasteiger partial charge in [-0.1, -0.05) is 12.1 Å². The fourth-order valence-corrected chi connectivity index (χ4v) is 4.01. The summed E-state index contributed by atoms with van der Waals surface area (Å²) in [6.45, 7) is 1.26. The minimum atomic E-state index is -1.03. The summed E-state index contributed by atoms with van der Waals surface area (Å²) in [5, 5.41) is 8.40. The molecule has 2 rings (SSSR count). The van der Waals surface area contributed by atoms with Gasteiger partial charge in [0.25, 0.3) is 0 Å². The summed E-state index contributed by atoms with van der Waals surface area (Å²) in [5.41, 5.74) is 11.6. The van der Waals surface area contributed by atoms with E-state index in [1.807, 2.05) is 0 Å². The molecule has 1 saturated heterocycles. The Balaban J connectivity index is 1.99.